The van der Waals surface area contributed by atoms with E-state index in [1.807, 2.05) is 30.3 Å². The van der Waals surface area contributed by atoms with Crippen LogP contribution in [0.25, 0.3) is 0 Å². The van der Waals surface area contributed by atoms with Crippen molar-refractivity contribution >= 4 is 0 Å². The number of hydrogen-bond donors (Lipinski definition) is 1. The first-order chi connectivity index (χ1) is 4.43. The molecule has 0 amide bonds. The molecule has 0 heterocycles. The molecule has 0 aliphatic rings. The third-order valence-corrected chi connectivity index (χ3v) is 1.24. The molecule has 1 aromatic carbocycles. The fourth-order valence-corrected chi connectivity index (χ4v) is 0.774. The van der Waals surface area contributed by atoms with Gasteiger partial charge in [-0.05, 0) is 12.0 Å². The van der Waals surface area contributed by atoms with E-state index in [1.165, 1.54) is 5.56 Å². The minimum atomic E-state index is 0. The molecule has 0 saturated carbocycles. The molecular weight excluding hydrogens is 176 g/mol. The second-order valence-electron chi connectivity index (χ2n) is 1.96. The van der Waals surface area contributed by atoms with E-state index < -0.39 is 0 Å². The Morgan fingerprint density at radius 3 is 2.20 bits per heavy atom. The Bertz CT molecular complexity index is 162. The van der Waals surface area contributed by atoms with Gasteiger partial charge in [0.25, 0.3) is 0 Å². The van der Waals surface area contributed by atoms with Crippen molar-refractivity contribution in [3.8, 4) is 0 Å². The fraction of sp³-hybridized carbons (Fsp3) is 0.250. The van der Waals surface area contributed by atoms with Crippen molar-refractivity contribution in [3.63, 3.8) is 0 Å². The molecule has 10 heavy (non-hydrogen) atoms. The first-order valence-electron chi connectivity index (χ1n) is 3.08. The van der Waals surface area contributed by atoms with Crippen molar-refractivity contribution in [1.29, 1.82) is 0 Å². The topological polar surface area (TPSA) is 20.2 Å². The molecule has 59 valence electrons. The molecule has 0 aromatic heterocycles. The average Bonchev–Trinajstić information content (AvgIpc) is 1.91. The summed E-state index contributed by atoms with van der Waals surface area (Å²) in [5.74, 6) is 0. The van der Waals surface area contributed by atoms with Gasteiger partial charge in [0.1, 0.15) is 0 Å². The number of rotatable bonds is 2. The van der Waals surface area contributed by atoms with Gasteiger partial charge in [-0.25, -0.2) is 0 Å². The predicted octanol–water partition coefficient (Wildman–Crippen LogP) is 1.22. The van der Waals surface area contributed by atoms with Crippen LogP contribution in [-0.4, -0.2) is 11.7 Å². The van der Waals surface area contributed by atoms with Gasteiger partial charge in [-0.15, -0.1) is 0 Å². The Kier molecular flexibility index (Phi) is 5.32. The molecule has 0 saturated heterocycles. The van der Waals surface area contributed by atoms with Crippen molar-refractivity contribution in [1.82, 2.24) is 0 Å². The van der Waals surface area contributed by atoms with Gasteiger partial charge in [-0.2, -0.15) is 0 Å². The molecule has 0 fully saturated rings. The predicted molar refractivity (Wildman–Crippen MR) is 37.2 cm³/mol. The van der Waals surface area contributed by atoms with Crippen LogP contribution in [0.2, 0.25) is 0 Å². The van der Waals surface area contributed by atoms with E-state index >= 15 is 0 Å². The Hall–Kier alpha value is -0.301. The third kappa shape index (κ3) is 3.02. The van der Waals surface area contributed by atoms with Gasteiger partial charge in [0.05, 0.1) is 0 Å². The molecule has 1 radical (unpaired) electrons. The molecule has 0 bridgehead atoms. The molecule has 2 heteroatoms. The summed E-state index contributed by atoms with van der Waals surface area (Å²) in [5.41, 5.74) is 1.19. The smallest absolute Gasteiger partial charge is 0.0471 e. The zero-order valence-electron chi connectivity index (χ0n) is 5.55. The van der Waals surface area contributed by atoms with E-state index in [0.717, 1.165) is 6.42 Å². The molecule has 0 aliphatic carbocycles. The van der Waals surface area contributed by atoms with Gasteiger partial charge in [0.2, 0.25) is 0 Å². The second kappa shape index (κ2) is 5.48. The van der Waals surface area contributed by atoms with Gasteiger partial charge >= 0.3 is 0 Å². The summed E-state index contributed by atoms with van der Waals surface area (Å²) in [6, 6.07) is 9.95. The Balaban J connectivity index is 0.000000810. The van der Waals surface area contributed by atoms with Crippen molar-refractivity contribution in [2.45, 2.75) is 6.42 Å². The van der Waals surface area contributed by atoms with Gasteiger partial charge in [0, 0.05) is 23.7 Å². The zero-order chi connectivity index (χ0) is 6.53. The minimum Gasteiger partial charge on any atom is -0.396 e. The summed E-state index contributed by atoms with van der Waals surface area (Å²) in [5, 5.41) is 8.52. The van der Waals surface area contributed by atoms with Crippen LogP contribution in [0.4, 0.5) is 0 Å². The van der Waals surface area contributed by atoms with Crippen LogP contribution in [0.3, 0.4) is 0 Å². The first-order valence-corrected chi connectivity index (χ1v) is 3.08. The van der Waals surface area contributed by atoms with Gasteiger partial charge in [-0.3, -0.25) is 0 Å². The van der Waals surface area contributed by atoms with Gasteiger partial charge in [-0.1, -0.05) is 30.3 Å². The van der Waals surface area contributed by atoms with E-state index in [9.17, 15) is 0 Å². The van der Waals surface area contributed by atoms with Crippen LogP contribution in [0.5, 0.6) is 0 Å². The largest absolute Gasteiger partial charge is 0.396 e. The normalized spacial score (nSPS) is 8.50. The van der Waals surface area contributed by atoms with Crippen LogP contribution < -0.4 is 0 Å². The molecular formula is C8H10CuO. The number of hydrogen-bond acceptors (Lipinski definition) is 1. The van der Waals surface area contributed by atoms with Crippen LogP contribution in [0, 0.1) is 0 Å². The minimum absolute atomic E-state index is 0. The molecule has 1 nitrogen and oxygen atoms in total. The van der Waals surface area contributed by atoms with Crippen molar-refractivity contribution in [2.24, 2.45) is 0 Å². The van der Waals surface area contributed by atoms with E-state index in [4.69, 9.17) is 5.11 Å². The molecule has 1 aromatic rings. The Labute approximate surface area is 71.6 Å². The van der Waals surface area contributed by atoms with E-state index in [0.29, 0.717) is 0 Å². The zero-order valence-corrected chi connectivity index (χ0v) is 6.49. The monoisotopic (exact) mass is 185 g/mol. The molecule has 1 N–H and O–H groups in total. The summed E-state index contributed by atoms with van der Waals surface area (Å²) in [7, 11) is 0. The molecule has 0 aliphatic heterocycles. The molecule has 1 rings (SSSR count). The van der Waals surface area contributed by atoms with E-state index in [2.05, 4.69) is 0 Å². The molecule has 0 atom stereocenters. The van der Waals surface area contributed by atoms with Gasteiger partial charge < -0.3 is 5.11 Å². The first kappa shape index (κ1) is 9.70. The van der Waals surface area contributed by atoms with E-state index in [1.54, 1.807) is 0 Å². The summed E-state index contributed by atoms with van der Waals surface area (Å²) in [6.45, 7) is 0.240. The van der Waals surface area contributed by atoms with Crippen LogP contribution in [0.15, 0.2) is 30.3 Å². The maximum Gasteiger partial charge on any atom is 0.0471 e. The van der Waals surface area contributed by atoms with Crippen LogP contribution >= 0.6 is 0 Å². The van der Waals surface area contributed by atoms with Crippen molar-refractivity contribution < 1.29 is 22.2 Å². The Morgan fingerprint density at radius 1 is 1.10 bits per heavy atom. The van der Waals surface area contributed by atoms with Gasteiger partial charge in [0.15, 0.2) is 0 Å². The quantitative estimate of drug-likeness (QED) is 0.688. The standard InChI is InChI=1S/C8H10O.Cu/c9-7-6-8-4-2-1-3-5-8;/h1-5,9H,6-7H2;. The third-order valence-electron chi connectivity index (χ3n) is 1.24. The number of benzene rings is 1. The summed E-state index contributed by atoms with van der Waals surface area (Å²) >= 11 is 0. The van der Waals surface area contributed by atoms with E-state index in [-0.39, 0.29) is 23.7 Å². The SMILES string of the molecule is OCCc1ccccc1.[Cu]. The Morgan fingerprint density at radius 2 is 1.70 bits per heavy atom. The maximum atomic E-state index is 8.52. The maximum absolute atomic E-state index is 8.52. The summed E-state index contributed by atoms with van der Waals surface area (Å²) in [6.07, 6.45) is 0.765. The second-order valence-corrected chi connectivity index (χ2v) is 1.96. The fourth-order valence-electron chi connectivity index (χ4n) is 0.774. The molecule has 0 spiro atoms. The van der Waals surface area contributed by atoms with Crippen molar-refractivity contribution in [3.05, 3.63) is 35.9 Å². The molecule has 0 unspecified atom stereocenters. The number of aliphatic hydroxyl groups is 1. The van der Waals surface area contributed by atoms with Crippen LogP contribution in [-0.2, 0) is 23.5 Å². The van der Waals surface area contributed by atoms with Crippen molar-refractivity contribution in [2.75, 3.05) is 6.61 Å². The average molecular weight is 186 g/mol. The summed E-state index contributed by atoms with van der Waals surface area (Å²) in [4.78, 5) is 0. The summed E-state index contributed by atoms with van der Waals surface area (Å²) < 4.78 is 0. The van der Waals surface area contributed by atoms with Crippen LogP contribution in [0.1, 0.15) is 5.56 Å². The number of aliphatic hydroxyl groups excluding tert-OH is 1.